The third kappa shape index (κ3) is 4.76. The second kappa shape index (κ2) is 8.91. The predicted molar refractivity (Wildman–Crippen MR) is 97.0 cm³/mol. The summed E-state index contributed by atoms with van der Waals surface area (Å²) in [5.74, 6) is -1.61. The lowest BCUT2D eigenvalue weighted by Gasteiger charge is -2.12. The van der Waals surface area contributed by atoms with E-state index in [-0.39, 0.29) is 29.4 Å². The molecular weight excluding hydrogens is 358 g/mol. The van der Waals surface area contributed by atoms with Crippen molar-refractivity contribution >= 4 is 30.8 Å². The molecule has 3 N–H and O–H groups in total. The molecule has 0 heterocycles. The van der Waals surface area contributed by atoms with Crippen molar-refractivity contribution in [3.63, 3.8) is 0 Å². The molecule has 7 nitrogen and oxygen atoms in total. The Hall–Kier alpha value is -3.00. The van der Waals surface area contributed by atoms with E-state index in [9.17, 15) is 19.5 Å². The molecule has 0 fully saturated rings. The van der Waals surface area contributed by atoms with Crippen LogP contribution in [0, 0.1) is 0 Å². The summed E-state index contributed by atoms with van der Waals surface area (Å²) in [5.41, 5.74) is 1.09. The number of hydrogen-bond acceptors (Lipinski definition) is 6. The Balaban J connectivity index is 2.02. The first-order valence-corrected chi connectivity index (χ1v) is 8.23. The first-order chi connectivity index (χ1) is 12.5. The number of carboxylic acids is 1. The van der Waals surface area contributed by atoms with E-state index in [1.807, 2.05) is 0 Å². The summed E-state index contributed by atoms with van der Waals surface area (Å²) in [4.78, 5) is 34.0. The van der Waals surface area contributed by atoms with Crippen LogP contribution in [0.2, 0.25) is 0 Å². The lowest BCUT2D eigenvalue weighted by molar-refractivity contribution is -0.138. The van der Waals surface area contributed by atoms with Gasteiger partial charge in [0.15, 0.2) is 6.29 Å². The molecule has 0 bridgehead atoms. The van der Waals surface area contributed by atoms with Crippen molar-refractivity contribution < 1.29 is 29.3 Å². The molecule has 0 aromatic heterocycles. The standard InChI is InChI=1S/C18H17NO6S/c20-8-13-15(21)2-1-3-16(13)25-9-11-4-6-12(7-5-11)17(22)19-14(10-26)18(23)24/h1-8,14,21,26H,9-10H2,(H,19,22)(H,23,24)/t14-/m0/s1. The van der Waals surface area contributed by atoms with Crippen molar-refractivity contribution in [3.8, 4) is 11.5 Å². The number of hydrogen-bond donors (Lipinski definition) is 4. The molecule has 1 amide bonds. The van der Waals surface area contributed by atoms with Gasteiger partial charge in [0.2, 0.25) is 0 Å². The second-order valence-corrected chi connectivity index (χ2v) is 5.70. The maximum Gasteiger partial charge on any atom is 0.327 e. The van der Waals surface area contributed by atoms with Gasteiger partial charge in [-0.25, -0.2) is 4.79 Å². The van der Waals surface area contributed by atoms with Crippen LogP contribution in [0.5, 0.6) is 11.5 Å². The van der Waals surface area contributed by atoms with Crippen molar-refractivity contribution in [1.29, 1.82) is 0 Å². The number of benzene rings is 2. The number of aliphatic carboxylic acids is 1. The summed E-state index contributed by atoms with van der Waals surface area (Å²) in [6.07, 6.45) is 0.512. The van der Waals surface area contributed by atoms with E-state index in [0.717, 1.165) is 5.56 Å². The quantitative estimate of drug-likeness (QED) is 0.414. The average molecular weight is 375 g/mol. The van der Waals surface area contributed by atoms with Crippen molar-refractivity contribution in [1.82, 2.24) is 5.32 Å². The zero-order chi connectivity index (χ0) is 19.1. The van der Waals surface area contributed by atoms with Crippen molar-refractivity contribution in [2.24, 2.45) is 0 Å². The molecule has 0 aliphatic rings. The Morgan fingerprint density at radius 3 is 2.46 bits per heavy atom. The highest BCUT2D eigenvalue weighted by atomic mass is 32.1. The molecule has 2 aromatic rings. The number of amides is 1. The topological polar surface area (TPSA) is 113 Å². The zero-order valence-corrected chi connectivity index (χ0v) is 14.5. The van der Waals surface area contributed by atoms with Gasteiger partial charge < -0.3 is 20.3 Å². The minimum absolute atomic E-state index is 0.0179. The number of ether oxygens (including phenoxy) is 1. The van der Waals surface area contributed by atoms with Gasteiger partial charge in [-0.15, -0.1) is 0 Å². The van der Waals surface area contributed by atoms with Crippen LogP contribution in [0.3, 0.4) is 0 Å². The van der Waals surface area contributed by atoms with Gasteiger partial charge in [0.1, 0.15) is 24.1 Å². The van der Waals surface area contributed by atoms with E-state index >= 15 is 0 Å². The van der Waals surface area contributed by atoms with E-state index < -0.39 is 17.9 Å². The Morgan fingerprint density at radius 1 is 1.19 bits per heavy atom. The SMILES string of the molecule is O=Cc1c(O)cccc1OCc1ccc(C(=O)N[C@@H](CS)C(=O)O)cc1. The second-order valence-electron chi connectivity index (χ2n) is 5.34. The monoisotopic (exact) mass is 375 g/mol. The fourth-order valence-electron chi connectivity index (χ4n) is 2.12. The maximum atomic E-state index is 12.0. The molecule has 0 saturated heterocycles. The number of carboxylic acid groups (broad SMARTS) is 1. The van der Waals surface area contributed by atoms with Crippen LogP contribution in [0.15, 0.2) is 42.5 Å². The molecule has 0 saturated carbocycles. The van der Waals surface area contributed by atoms with Gasteiger partial charge in [0.05, 0.1) is 5.56 Å². The number of carbonyl (C=O) groups is 3. The van der Waals surface area contributed by atoms with E-state index in [2.05, 4.69) is 17.9 Å². The zero-order valence-electron chi connectivity index (χ0n) is 13.6. The molecular formula is C18H17NO6S. The molecule has 1 atom stereocenters. The fourth-order valence-corrected chi connectivity index (χ4v) is 2.36. The van der Waals surface area contributed by atoms with E-state index in [1.165, 1.54) is 18.2 Å². The van der Waals surface area contributed by atoms with E-state index in [0.29, 0.717) is 11.8 Å². The first kappa shape index (κ1) is 19.3. The molecule has 0 aliphatic carbocycles. The molecule has 26 heavy (non-hydrogen) atoms. The average Bonchev–Trinajstić information content (AvgIpc) is 2.64. The smallest absolute Gasteiger partial charge is 0.327 e. The summed E-state index contributed by atoms with van der Waals surface area (Å²) in [6.45, 7) is 0.126. The molecule has 136 valence electrons. The lowest BCUT2D eigenvalue weighted by atomic mass is 10.1. The molecule has 0 aliphatic heterocycles. The van der Waals surface area contributed by atoms with Crippen LogP contribution in [0.1, 0.15) is 26.3 Å². The Labute approximate surface area is 155 Å². The van der Waals surface area contributed by atoms with Gasteiger partial charge in [0.25, 0.3) is 5.91 Å². The number of rotatable bonds is 8. The molecule has 2 rings (SSSR count). The van der Waals surface area contributed by atoms with Crippen LogP contribution in [0.25, 0.3) is 0 Å². The number of aldehydes is 1. The summed E-state index contributed by atoms with van der Waals surface area (Å²) in [5, 5.41) is 20.9. The molecule has 0 radical (unpaired) electrons. The Bertz CT molecular complexity index is 806. The Kier molecular flexibility index (Phi) is 6.62. The summed E-state index contributed by atoms with van der Waals surface area (Å²) in [6, 6.07) is 9.81. The van der Waals surface area contributed by atoms with E-state index in [1.54, 1.807) is 24.3 Å². The summed E-state index contributed by atoms with van der Waals surface area (Å²) < 4.78 is 5.53. The van der Waals surface area contributed by atoms with E-state index in [4.69, 9.17) is 9.84 Å². The van der Waals surface area contributed by atoms with Crippen molar-refractivity contribution in [3.05, 3.63) is 59.2 Å². The van der Waals surface area contributed by atoms with Gasteiger partial charge in [-0.05, 0) is 29.8 Å². The molecule has 8 heteroatoms. The molecule has 0 spiro atoms. The molecule has 0 unspecified atom stereocenters. The van der Waals surface area contributed by atoms with Crippen LogP contribution >= 0.6 is 12.6 Å². The third-order valence-corrected chi connectivity index (χ3v) is 3.92. The number of phenols is 1. The summed E-state index contributed by atoms with van der Waals surface area (Å²) in [7, 11) is 0. The van der Waals surface area contributed by atoms with Gasteiger partial charge in [-0.1, -0.05) is 18.2 Å². The highest BCUT2D eigenvalue weighted by Crippen LogP contribution is 2.26. The van der Waals surface area contributed by atoms with Crippen LogP contribution < -0.4 is 10.1 Å². The third-order valence-electron chi connectivity index (χ3n) is 3.56. The number of phenolic OH excluding ortho intramolecular Hbond substituents is 1. The first-order valence-electron chi connectivity index (χ1n) is 7.59. The van der Waals surface area contributed by atoms with Crippen LogP contribution in [-0.2, 0) is 11.4 Å². The van der Waals surface area contributed by atoms with Gasteiger partial charge in [-0.3, -0.25) is 9.59 Å². The van der Waals surface area contributed by atoms with Crippen molar-refractivity contribution in [2.45, 2.75) is 12.6 Å². The number of carbonyl (C=O) groups excluding carboxylic acids is 2. The van der Waals surface area contributed by atoms with Gasteiger partial charge in [-0.2, -0.15) is 12.6 Å². The Morgan fingerprint density at radius 2 is 1.88 bits per heavy atom. The maximum absolute atomic E-state index is 12.0. The predicted octanol–water partition coefficient (Wildman–Crippen LogP) is 1.90. The van der Waals surface area contributed by atoms with Gasteiger partial charge >= 0.3 is 5.97 Å². The number of nitrogens with one attached hydrogen (secondary N) is 1. The highest BCUT2D eigenvalue weighted by Gasteiger charge is 2.18. The minimum Gasteiger partial charge on any atom is -0.507 e. The van der Waals surface area contributed by atoms with Crippen LogP contribution in [-0.4, -0.2) is 40.2 Å². The van der Waals surface area contributed by atoms with Crippen molar-refractivity contribution in [2.75, 3.05) is 5.75 Å². The minimum atomic E-state index is -1.16. The van der Waals surface area contributed by atoms with Crippen LogP contribution in [0.4, 0.5) is 0 Å². The number of thiol groups is 1. The highest BCUT2D eigenvalue weighted by molar-refractivity contribution is 7.80. The normalized spacial score (nSPS) is 11.4. The molecule has 2 aromatic carbocycles. The number of aromatic hydroxyl groups is 1. The lowest BCUT2D eigenvalue weighted by Crippen LogP contribution is -2.42. The largest absolute Gasteiger partial charge is 0.507 e. The fraction of sp³-hybridized carbons (Fsp3) is 0.167. The summed E-state index contributed by atoms with van der Waals surface area (Å²) >= 11 is 3.89. The van der Waals surface area contributed by atoms with Gasteiger partial charge in [0, 0.05) is 11.3 Å².